The number of nitrogens with one attached hydrogen (secondary N) is 1. The largest absolute Gasteiger partial charge is 0.468 e. The van der Waals surface area contributed by atoms with Gasteiger partial charge in [0.05, 0.1) is 24.3 Å². The van der Waals surface area contributed by atoms with E-state index in [2.05, 4.69) is 5.32 Å². The monoisotopic (exact) mass is 315 g/mol. The van der Waals surface area contributed by atoms with Crippen molar-refractivity contribution in [1.29, 1.82) is 0 Å². The molecular weight excluding hydrogens is 298 g/mol. The summed E-state index contributed by atoms with van der Waals surface area (Å²) in [6.07, 6.45) is 3.72. The number of rotatable bonds is 7. The van der Waals surface area contributed by atoms with Crippen molar-refractivity contribution in [1.82, 2.24) is 4.90 Å². The Morgan fingerprint density at radius 2 is 2.09 bits per heavy atom. The van der Waals surface area contributed by atoms with Gasteiger partial charge >= 0.3 is 0 Å². The van der Waals surface area contributed by atoms with Crippen LogP contribution in [-0.2, 0) is 11.3 Å². The van der Waals surface area contributed by atoms with Crippen LogP contribution in [0.3, 0.4) is 0 Å². The van der Waals surface area contributed by atoms with Crippen LogP contribution in [0.4, 0.5) is 11.4 Å². The van der Waals surface area contributed by atoms with E-state index in [0.717, 1.165) is 18.6 Å². The standard InChI is InChI=1S/C16H17N3O4/c20-16(17-14-5-1-2-6-15(14)19(21)22)11-18(12-7-8-12)10-13-4-3-9-23-13/h1-6,9,12H,7-8,10-11H2,(H,17,20). The van der Waals surface area contributed by atoms with Crippen molar-refractivity contribution in [2.45, 2.75) is 25.4 Å². The molecule has 1 N–H and O–H groups in total. The SMILES string of the molecule is O=C(CN(Cc1ccco1)C1CC1)Nc1ccccc1[N+](=O)[O-]. The van der Waals surface area contributed by atoms with Crippen molar-refractivity contribution in [2.24, 2.45) is 0 Å². The van der Waals surface area contributed by atoms with Gasteiger partial charge in [-0.15, -0.1) is 0 Å². The summed E-state index contributed by atoms with van der Waals surface area (Å²) in [4.78, 5) is 24.8. The van der Waals surface area contributed by atoms with E-state index in [1.165, 1.54) is 12.1 Å². The topological polar surface area (TPSA) is 88.6 Å². The Morgan fingerprint density at radius 1 is 1.30 bits per heavy atom. The van der Waals surface area contributed by atoms with E-state index in [0.29, 0.717) is 12.6 Å². The molecule has 0 radical (unpaired) electrons. The van der Waals surface area contributed by atoms with Crippen LogP contribution in [0.2, 0.25) is 0 Å². The van der Waals surface area contributed by atoms with Crippen molar-refractivity contribution >= 4 is 17.3 Å². The highest BCUT2D eigenvalue weighted by atomic mass is 16.6. The van der Waals surface area contributed by atoms with E-state index in [4.69, 9.17) is 4.42 Å². The van der Waals surface area contributed by atoms with Gasteiger partial charge in [0, 0.05) is 12.1 Å². The fraction of sp³-hybridized carbons (Fsp3) is 0.312. The van der Waals surface area contributed by atoms with Gasteiger partial charge in [-0.1, -0.05) is 12.1 Å². The number of anilines is 1. The summed E-state index contributed by atoms with van der Waals surface area (Å²) in [5, 5.41) is 13.6. The van der Waals surface area contributed by atoms with Crippen LogP contribution in [0.25, 0.3) is 0 Å². The predicted octanol–water partition coefficient (Wildman–Crippen LogP) is 2.79. The van der Waals surface area contributed by atoms with E-state index in [9.17, 15) is 14.9 Å². The summed E-state index contributed by atoms with van der Waals surface area (Å²) < 4.78 is 5.33. The molecule has 0 aliphatic heterocycles. The van der Waals surface area contributed by atoms with Crippen LogP contribution >= 0.6 is 0 Å². The number of hydrogen-bond donors (Lipinski definition) is 1. The van der Waals surface area contributed by atoms with Gasteiger partial charge in [-0.05, 0) is 31.0 Å². The highest BCUT2D eigenvalue weighted by Gasteiger charge is 2.31. The van der Waals surface area contributed by atoms with Gasteiger partial charge in [0.2, 0.25) is 5.91 Å². The minimum absolute atomic E-state index is 0.107. The van der Waals surface area contributed by atoms with Crippen molar-refractivity contribution in [3.8, 4) is 0 Å². The number of benzene rings is 1. The Balaban J connectivity index is 1.64. The number of carbonyl (C=O) groups is 1. The quantitative estimate of drug-likeness (QED) is 0.627. The third kappa shape index (κ3) is 3.95. The van der Waals surface area contributed by atoms with Crippen molar-refractivity contribution in [3.05, 3.63) is 58.5 Å². The molecule has 0 bridgehead atoms. The molecule has 7 nitrogen and oxygen atoms in total. The van der Waals surface area contributed by atoms with Crippen LogP contribution in [0.1, 0.15) is 18.6 Å². The summed E-state index contributed by atoms with van der Waals surface area (Å²) in [6, 6.07) is 10.2. The van der Waals surface area contributed by atoms with Gasteiger partial charge in [-0.2, -0.15) is 0 Å². The molecule has 1 fully saturated rings. The second-order valence-corrected chi connectivity index (χ2v) is 5.54. The summed E-state index contributed by atoms with van der Waals surface area (Å²) >= 11 is 0. The Bertz CT molecular complexity index is 695. The van der Waals surface area contributed by atoms with E-state index >= 15 is 0 Å². The highest BCUT2D eigenvalue weighted by Crippen LogP contribution is 2.29. The highest BCUT2D eigenvalue weighted by molar-refractivity contribution is 5.94. The number of nitro groups is 1. The van der Waals surface area contributed by atoms with Crippen LogP contribution < -0.4 is 5.32 Å². The molecule has 1 aliphatic carbocycles. The molecule has 1 aromatic heterocycles. The fourth-order valence-corrected chi connectivity index (χ4v) is 2.47. The summed E-state index contributed by atoms with van der Waals surface area (Å²) in [6.45, 7) is 0.736. The lowest BCUT2D eigenvalue weighted by molar-refractivity contribution is -0.383. The number of carbonyl (C=O) groups excluding carboxylic acids is 1. The molecular formula is C16H17N3O4. The maximum atomic E-state index is 12.3. The van der Waals surface area contributed by atoms with Gasteiger partial charge < -0.3 is 9.73 Å². The van der Waals surface area contributed by atoms with Crippen molar-refractivity contribution in [3.63, 3.8) is 0 Å². The van der Waals surface area contributed by atoms with Gasteiger partial charge in [0.1, 0.15) is 11.4 Å². The summed E-state index contributed by atoms with van der Waals surface area (Å²) in [5.74, 6) is 0.535. The molecule has 7 heteroatoms. The average molecular weight is 315 g/mol. The minimum Gasteiger partial charge on any atom is -0.468 e. The molecule has 1 heterocycles. The van der Waals surface area contributed by atoms with E-state index < -0.39 is 4.92 Å². The normalized spacial score (nSPS) is 14.0. The third-order valence-corrected chi connectivity index (χ3v) is 3.72. The fourth-order valence-electron chi connectivity index (χ4n) is 2.47. The zero-order chi connectivity index (χ0) is 16.2. The molecule has 120 valence electrons. The number of furan rings is 1. The zero-order valence-corrected chi connectivity index (χ0v) is 12.5. The number of nitro benzene ring substituents is 1. The second kappa shape index (κ2) is 6.62. The predicted molar refractivity (Wildman–Crippen MR) is 83.9 cm³/mol. The Morgan fingerprint density at radius 3 is 2.74 bits per heavy atom. The second-order valence-electron chi connectivity index (χ2n) is 5.54. The first kappa shape index (κ1) is 15.2. The first-order chi connectivity index (χ1) is 11.1. The van der Waals surface area contributed by atoms with Gasteiger partial charge in [-0.25, -0.2) is 0 Å². The Kier molecular flexibility index (Phi) is 4.38. The molecule has 0 saturated heterocycles. The number of nitrogens with zero attached hydrogens (tertiary/aromatic N) is 2. The van der Waals surface area contributed by atoms with Crippen LogP contribution in [0, 0.1) is 10.1 Å². The van der Waals surface area contributed by atoms with Crippen molar-refractivity contribution in [2.75, 3.05) is 11.9 Å². The summed E-state index contributed by atoms with van der Waals surface area (Å²) in [5.41, 5.74) is 0.112. The van der Waals surface area contributed by atoms with Crippen LogP contribution in [0.5, 0.6) is 0 Å². The maximum absolute atomic E-state index is 12.3. The average Bonchev–Trinajstić information content (AvgIpc) is 3.25. The number of hydrogen-bond acceptors (Lipinski definition) is 5. The molecule has 1 aromatic carbocycles. The first-order valence-electron chi connectivity index (χ1n) is 7.43. The van der Waals surface area contributed by atoms with Gasteiger partial charge in [0.15, 0.2) is 0 Å². The zero-order valence-electron chi connectivity index (χ0n) is 12.5. The molecule has 3 rings (SSSR count). The molecule has 1 amide bonds. The Hall–Kier alpha value is -2.67. The lowest BCUT2D eigenvalue weighted by atomic mass is 10.2. The smallest absolute Gasteiger partial charge is 0.292 e. The van der Waals surface area contributed by atoms with Gasteiger partial charge in [0.25, 0.3) is 5.69 Å². The number of para-hydroxylation sites is 2. The van der Waals surface area contributed by atoms with Crippen LogP contribution in [-0.4, -0.2) is 28.3 Å². The first-order valence-corrected chi connectivity index (χ1v) is 7.43. The molecule has 0 spiro atoms. The molecule has 0 unspecified atom stereocenters. The molecule has 1 aliphatic rings. The van der Waals surface area contributed by atoms with E-state index in [1.54, 1.807) is 18.4 Å². The van der Waals surface area contributed by atoms with E-state index in [-0.39, 0.29) is 23.8 Å². The van der Waals surface area contributed by atoms with Crippen LogP contribution in [0.15, 0.2) is 47.1 Å². The molecule has 1 saturated carbocycles. The molecule has 0 atom stereocenters. The summed E-state index contributed by atoms with van der Waals surface area (Å²) in [7, 11) is 0. The molecule has 23 heavy (non-hydrogen) atoms. The molecule has 2 aromatic rings. The lowest BCUT2D eigenvalue weighted by Crippen LogP contribution is -2.34. The minimum atomic E-state index is -0.503. The maximum Gasteiger partial charge on any atom is 0.292 e. The van der Waals surface area contributed by atoms with E-state index in [1.807, 2.05) is 17.0 Å². The lowest BCUT2D eigenvalue weighted by Gasteiger charge is -2.20. The Labute approximate surface area is 133 Å². The van der Waals surface area contributed by atoms with Gasteiger partial charge in [-0.3, -0.25) is 19.8 Å². The van der Waals surface area contributed by atoms with Crippen molar-refractivity contribution < 1.29 is 14.1 Å². The third-order valence-electron chi connectivity index (χ3n) is 3.72. The number of amides is 1.